The fourth-order valence-electron chi connectivity index (χ4n) is 4.44. The Morgan fingerprint density at radius 1 is 1.21 bits per heavy atom. The maximum absolute atomic E-state index is 13.5. The van der Waals surface area contributed by atoms with E-state index in [1.54, 1.807) is 28.9 Å². The first-order valence-electron chi connectivity index (χ1n) is 10.7. The van der Waals surface area contributed by atoms with Crippen molar-refractivity contribution >= 4 is 43.8 Å². The van der Waals surface area contributed by atoms with Gasteiger partial charge >= 0.3 is 0 Å². The molecule has 5 heterocycles. The average molecular weight is 497 g/mol. The van der Waals surface area contributed by atoms with E-state index in [2.05, 4.69) is 10.4 Å². The second-order valence-electron chi connectivity index (χ2n) is 8.34. The standard InChI is InChI=1S/C23H20N4O5S2/c1-13-21-16(23(28)24-14-4-5-18-19(9-14)32-12-31-18)10-17(20-3-2-7-33-20)25-22(21)27(26-13)15-6-8-34(29,30)11-15/h2-5,7,9-10,15H,6,8,11-12H2,1H3,(H,24,28)/t15-/m0/s1. The Hall–Kier alpha value is -3.44. The highest BCUT2D eigenvalue weighted by molar-refractivity contribution is 7.91. The molecule has 0 unspecified atom stereocenters. The van der Waals surface area contributed by atoms with Gasteiger partial charge in [-0.1, -0.05) is 6.07 Å². The topological polar surface area (TPSA) is 112 Å². The van der Waals surface area contributed by atoms with Crippen LogP contribution in [0, 0.1) is 6.92 Å². The van der Waals surface area contributed by atoms with Gasteiger partial charge in [-0.3, -0.25) is 4.79 Å². The number of thiophene rings is 1. The van der Waals surface area contributed by atoms with Gasteiger partial charge < -0.3 is 14.8 Å². The zero-order chi connectivity index (χ0) is 23.4. The maximum Gasteiger partial charge on any atom is 0.256 e. The summed E-state index contributed by atoms with van der Waals surface area (Å²) >= 11 is 1.52. The van der Waals surface area contributed by atoms with Crippen LogP contribution in [0.4, 0.5) is 5.69 Å². The number of carbonyl (C=O) groups is 1. The van der Waals surface area contributed by atoms with Gasteiger partial charge in [-0.2, -0.15) is 5.10 Å². The van der Waals surface area contributed by atoms with Gasteiger partial charge in [0.1, 0.15) is 0 Å². The van der Waals surface area contributed by atoms with Crippen molar-refractivity contribution in [3.05, 3.63) is 53.0 Å². The Balaban J connectivity index is 1.47. The molecule has 3 aromatic heterocycles. The van der Waals surface area contributed by atoms with Crippen molar-refractivity contribution in [1.29, 1.82) is 0 Å². The van der Waals surface area contributed by atoms with Crippen LogP contribution in [0.3, 0.4) is 0 Å². The first-order valence-corrected chi connectivity index (χ1v) is 13.4. The Morgan fingerprint density at radius 3 is 2.82 bits per heavy atom. The van der Waals surface area contributed by atoms with E-state index in [0.29, 0.717) is 51.6 Å². The fraction of sp³-hybridized carbons (Fsp3) is 0.261. The average Bonchev–Trinajstić information content (AvgIpc) is 3.59. The lowest BCUT2D eigenvalue weighted by Gasteiger charge is -2.12. The first kappa shape index (κ1) is 21.1. The number of benzene rings is 1. The lowest BCUT2D eigenvalue weighted by atomic mass is 10.1. The zero-order valence-electron chi connectivity index (χ0n) is 18.1. The van der Waals surface area contributed by atoms with E-state index in [9.17, 15) is 13.2 Å². The molecule has 1 saturated heterocycles. The molecule has 1 amide bonds. The summed E-state index contributed by atoms with van der Waals surface area (Å²) in [6, 6.07) is 10.5. The number of hydrogen-bond acceptors (Lipinski definition) is 8. The van der Waals surface area contributed by atoms with E-state index in [1.165, 1.54) is 11.3 Å². The fourth-order valence-corrected chi connectivity index (χ4v) is 6.82. The molecule has 0 bridgehead atoms. The predicted octanol–water partition coefficient (Wildman–Crippen LogP) is 3.81. The van der Waals surface area contributed by atoms with Gasteiger partial charge in [0.05, 0.1) is 44.8 Å². The minimum Gasteiger partial charge on any atom is -0.454 e. The van der Waals surface area contributed by atoms with Crippen molar-refractivity contribution in [3.8, 4) is 22.1 Å². The number of carbonyl (C=O) groups excluding carboxylic acids is 1. The number of sulfone groups is 1. The summed E-state index contributed by atoms with van der Waals surface area (Å²) in [6.45, 7) is 1.96. The summed E-state index contributed by atoms with van der Waals surface area (Å²) in [6.07, 6.45) is 0.474. The number of ether oxygens (including phenoxy) is 2. The molecule has 11 heteroatoms. The molecule has 0 spiro atoms. The van der Waals surface area contributed by atoms with E-state index in [1.807, 2.05) is 24.4 Å². The number of fused-ring (bicyclic) bond motifs is 2. The number of amides is 1. The lowest BCUT2D eigenvalue weighted by molar-refractivity contribution is 0.102. The van der Waals surface area contributed by atoms with E-state index in [4.69, 9.17) is 14.5 Å². The molecule has 34 heavy (non-hydrogen) atoms. The number of nitrogens with zero attached hydrogens (tertiary/aromatic N) is 3. The number of pyridine rings is 1. The molecule has 2 aliphatic rings. The van der Waals surface area contributed by atoms with Crippen LogP contribution in [0.15, 0.2) is 41.8 Å². The van der Waals surface area contributed by atoms with Crippen LogP contribution in [0.1, 0.15) is 28.5 Å². The highest BCUT2D eigenvalue weighted by atomic mass is 32.2. The highest BCUT2D eigenvalue weighted by Gasteiger charge is 2.32. The summed E-state index contributed by atoms with van der Waals surface area (Å²) in [5.41, 5.74) is 2.78. The third kappa shape index (κ3) is 3.61. The smallest absolute Gasteiger partial charge is 0.256 e. The molecule has 4 aromatic rings. The van der Waals surface area contributed by atoms with Gasteiger partial charge in [-0.25, -0.2) is 18.1 Å². The van der Waals surface area contributed by atoms with Crippen LogP contribution in [-0.4, -0.2) is 47.4 Å². The number of nitrogens with one attached hydrogen (secondary N) is 1. The Labute approximate surface area is 199 Å². The molecule has 174 valence electrons. The zero-order valence-corrected chi connectivity index (χ0v) is 19.8. The number of aryl methyl sites for hydroxylation is 1. The van der Waals surface area contributed by atoms with E-state index < -0.39 is 9.84 Å². The van der Waals surface area contributed by atoms with Crippen LogP contribution in [-0.2, 0) is 9.84 Å². The molecule has 1 aromatic carbocycles. The van der Waals surface area contributed by atoms with Gasteiger partial charge in [0.25, 0.3) is 5.91 Å². The summed E-state index contributed by atoms with van der Waals surface area (Å²) < 4.78 is 36.7. The third-order valence-electron chi connectivity index (χ3n) is 6.04. The van der Waals surface area contributed by atoms with Crippen LogP contribution in [0.2, 0.25) is 0 Å². The summed E-state index contributed by atoms with van der Waals surface area (Å²) in [5, 5.41) is 10.1. The van der Waals surface area contributed by atoms with Crippen molar-refractivity contribution in [2.45, 2.75) is 19.4 Å². The quantitative estimate of drug-likeness (QED) is 0.457. The lowest BCUT2D eigenvalue weighted by Crippen LogP contribution is -2.15. The Bertz CT molecular complexity index is 1540. The van der Waals surface area contributed by atoms with Crippen LogP contribution in [0.5, 0.6) is 11.5 Å². The minimum atomic E-state index is -3.12. The molecule has 0 radical (unpaired) electrons. The van der Waals surface area contributed by atoms with Gasteiger partial charge in [0.2, 0.25) is 6.79 Å². The van der Waals surface area contributed by atoms with Crippen molar-refractivity contribution < 1.29 is 22.7 Å². The number of rotatable bonds is 4. The predicted molar refractivity (Wildman–Crippen MR) is 128 cm³/mol. The van der Waals surface area contributed by atoms with E-state index in [-0.39, 0.29) is 30.2 Å². The first-order chi connectivity index (χ1) is 16.4. The summed E-state index contributed by atoms with van der Waals surface area (Å²) in [4.78, 5) is 19.2. The number of aromatic nitrogens is 3. The molecule has 1 atom stereocenters. The van der Waals surface area contributed by atoms with Crippen LogP contribution in [0.25, 0.3) is 21.6 Å². The molecule has 0 saturated carbocycles. The van der Waals surface area contributed by atoms with Gasteiger partial charge in [-0.05, 0) is 43.0 Å². The van der Waals surface area contributed by atoms with Crippen molar-refractivity contribution in [2.24, 2.45) is 0 Å². The van der Waals surface area contributed by atoms with E-state index in [0.717, 1.165) is 4.88 Å². The van der Waals surface area contributed by atoms with Crippen LogP contribution < -0.4 is 14.8 Å². The Kier molecular flexibility index (Phi) is 4.85. The van der Waals surface area contributed by atoms with Gasteiger partial charge in [0.15, 0.2) is 27.0 Å². The largest absolute Gasteiger partial charge is 0.454 e. The monoisotopic (exact) mass is 496 g/mol. The highest BCUT2D eigenvalue weighted by Crippen LogP contribution is 2.36. The molecule has 1 N–H and O–H groups in total. The SMILES string of the molecule is Cc1nn([C@H]2CCS(=O)(=O)C2)c2nc(-c3cccs3)cc(C(=O)Nc3ccc4c(c3)OCO4)c12. The third-order valence-corrected chi connectivity index (χ3v) is 8.68. The molecule has 2 aliphatic heterocycles. The van der Waals surface area contributed by atoms with Crippen molar-refractivity contribution in [2.75, 3.05) is 23.6 Å². The van der Waals surface area contributed by atoms with Crippen molar-refractivity contribution in [1.82, 2.24) is 14.8 Å². The molecular formula is C23H20N4O5S2. The molecule has 1 fully saturated rings. The molecular weight excluding hydrogens is 476 g/mol. The van der Waals surface area contributed by atoms with Gasteiger partial charge in [0, 0.05) is 11.8 Å². The minimum absolute atomic E-state index is 0.0207. The molecule has 0 aliphatic carbocycles. The van der Waals surface area contributed by atoms with E-state index >= 15 is 0 Å². The summed E-state index contributed by atoms with van der Waals surface area (Å²) in [5.74, 6) is 1.04. The van der Waals surface area contributed by atoms with Gasteiger partial charge in [-0.15, -0.1) is 11.3 Å². The normalized spacial score (nSPS) is 18.4. The number of hydrogen-bond donors (Lipinski definition) is 1. The number of anilines is 1. The Morgan fingerprint density at radius 2 is 2.06 bits per heavy atom. The van der Waals surface area contributed by atoms with Crippen molar-refractivity contribution in [3.63, 3.8) is 0 Å². The second-order valence-corrected chi connectivity index (χ2v) is 11.5. The molecule has 9 nitrogen and oxygen atoms in total. The summed E-state index contributed by atoms with van der Waals surface area (Å²) in [7, 11) is -3.12. The maximum atomic E-state index is 13.5. The molecule has 6 rings (SSSR count). The van der Waals surface area contributed by atoms with Crippen LogP contribution >= 0.6 is 11.3 Å². The second kappa shape index (κ2) is 7.81.